The Hall–Kier alpha value is -1.91. The summed E-state index contributed by atoms with van der Waals surface area (Å²) in [6, 6.07) is 5.80. The highest BCUT2D eigenvalue weighted by Gasteiger charge is 2.31. The Morgan fingerprint density at radius 1 is 1.30 bits per heavy atom. The summed E-state index contributed by atoms with van der Waals surface area (Å²) in [5.74, 6) is -0.614. The van der Waals surface area contributed by atoms with Crippen molar-refractivity contribution >= 4 is 11.9 Å². The van der Waals surface area contributed by atoms with E-state index in [1.165, 1.54) is 25.3 Å². The highest BCUT2D eigenvalue weighted by Crippen LogP contribution is 2.29. The molecule has 2 atom stereocenters. The van der Waals surface area contributed by atoms with Gasteiger partial charge in [-0.05, 0) is 37.0 Å². The number of hydrogen-bond acceptors (Lipinski definition) is 3. The normalized spacial score (nSPS) is 20.8. The molecule has 0 aliphatic heterocycles. The van der Waals surface area contributed by atoms with Crippen molar-refractivity contribution in [3.63, 3.8) is 0 Å². The van der Waals surface area contributed by atoms with Crippen LogP contribution in [0, 0.1) is 11.7 Å². The highest BCUT2D eigenvalue weighted by molar-refractivity contribution is 5.94. The lowest BCUT2D eigenvalue weighted by Crippen LogP contribution is -2.46. The monoisotopic (exact) mass is 321 g/mol. The minimum Gasteiger partial charge on any atom is -0.469 e. The Morgan fingerprint density at radius 2 is 2.04 bits per heavy atom. The summed E-state index contributed by atoms with van der Waals surface area (Å²) in [6.07, 6.45) is 4.37. The largest absolute Gasteiger partial charge is 0.469 e. The van der Waals surface area contributed by atoms with Crippen LogP contribution in [0.25, 0.3) is 0 Å². The van der Waals surface area contributed by atoms with Crippen LogP contribution in [-0.4, -0.2) is 36.5 Å². The molecule has 0 bridgehead atoms. The first-order valence-electron chi connectivity index (χ1n) is 8.16. The van der Waals surface area contributed by atoms with Crippen LogP contribution in [0.4, 0.5) is 4.39 Å². The molecule has 0 N–H and O–H groups in total. The molecule has 1 amide bonds. The SMILES string of the molecule is COC(=O)CCN(C(=O)c1cccc(F)c1)C1CCCCC1C. The maximum atomic E-state index is 13.4. The molecule has 5 heteroatoms. The van der Waals surface area contributed by atoms with Crippen LogP contribution in [0.1, 0.15) is 49.4 Å². The van der Waals surface area contributed by atoms with Gasteiger partial charge in [0, 0.05) is 18.2 Å². The molecule has 1 fully saturated rings. The van der Waals surface area contributed by atoms with E-state index in [0.29, 0.717) is 18.0 Å². The van der Waals surface area contributed by atoms with Crippen LogP contribution in [0.15, 0.2) is 24.3 Å². The number of benzene rings is 1. The van der Waals surface area contributed by atoms with Gasteiger partial charge >= 0.3 is 5.97 Å². The number of carbonyl (C=O) groups is 2. The van der Waals surface area contributed by atoms with Gasteiger partial charge in [0.25, 0.3) is 5.91 Å². The maximum Gasteiger partial charge on any atom is 0.307 e. The molecule has 1 aromatic rings. The number of amides is 1. The minimum atomic E-state index is -0.430. The lowest BCUT2D eigenvalue weighted by Gasteiger charge is -2.38. The quantitative estimate of drug-likeness (QED) is 0.781. The molecule has 1 aliphatic carbocycles. The van der Waals surface area contributed by atoms with Crippen molar-refractivity contribution in [3.05, 3.63) is 35.6 Å². The number of ether oxygens (including phenoxy) is 1. The van der Waals surface area contributed by atoms with Crippen molar-refractivity contribution in [2.24, 2.45) is 5.92 Å². The summed E-state index contributed by atoms with van der Waals surface area (Å²) in [5.41, 5.74) is 0.327. The lowest BCUT2D eigenvalue weighted by molar-refractivity contribution is -0.141. The van der Waals surface area contributed by atoms with Gasteiger partial charge in [0.15, 0.2) is 0 Å². The van der Waals surface area contributed by atoms with Gasteiger partial charge in [-0.1, -0.05) is 25.8 Å². The molecule has 4 nitrogen and oxygen atoms in total. The van der Waals surface area contributed by atoms with Crippen molar-refractivity contribution in [2.45, 2.75) is 45.1 Å². The third-order valence-electron chi connectivity index (χ3n) is 4.58. The maximum absolute atomic E-state index is 13.4. The van der Waals surface area contributed by atoms with E-state index in [1.54, 1.807) is 11.0 Å². The Labute approximate surface area is 136 Å². The molecule has 1 saturated carbocycles. The summed E-state index contributed by atoms with van der Waals surface area (Å²) in [7, 11) is 1.34. The fourth-order valence-corrected chi connectivity index (χ4v) is 3.28. The van der Waals surface area contributed by atoms with Gasteiger partial charge in [-0.3, -0.25) is 9.59 Å². The number of nitrogens with zero attached hydrogens (tertiary/aromatic N) is 1. The number of esters is 1. The van der Waals surface area contributed by atoms with E-state index >= 15 is 0 Å². The van der Waals surface area contributed by atoms with Gasteiger partial charge in [-0.15, -0.1) is 0 Å². The van der Waals surface area contributed by atoms with Gasteiger partial charge in [0.2, 0.25) is 0 Å². The molecular formula is C18H24FNO3. The Balaban J connectivity index is 2.20. The van der Waals surface area contributed by atoms with Crippen LogP contribution in [0.5, 0.6) is 0 Å². The molecule has 0 saturated heterocycles. The number of halogens is 1. The molecule has 126 valence electrons. The molecule has 0 heterocycles. The van der Waals surface area contributed by atoms with Crippen molar-refractivity contribution in [2.75, 3.05) is 13.7 Å². The van der Waals surface area contributed by atoms with Gasteiger partial charge in [0.1, 0.15) is 5.82 Å². The zero-order chi connectivity index (χ0) is 16.8. The first-order chi connectivity index (χ1) is 11.0. The second-order valence-electron chi connectivity index (χ2n) is 6.16. The Bertz CT molecular complexity index is 561. The van der Waals surface area contributed by atoms with Crippen molar-refractivity contribution < 1.29 is 18.7 Å². The summed E-state index contributed by atoms with van der Waals surface area (Å²) >= 11 is 0. The van der Waals surface area contributed by atoms with E-state index in [4.69, 9.17) is 0 Å². The number of carbonyl (C=O) groups excluding carboxylic acids is 2. The lowest BCUT2D eigenvalue weighted by atomic mass is 9.84. The van der Waals surface area contributed by atoms with Crippen LogP contribution < -0.4 is 0 Å². The standard InChI is InChI=1S/C18H24FNO3/c1-13-6-3-4-9-16(13)20(11-10-17(21)23-2)18(22)14-7-5-8-15(19)12-14/h5,7-8,12-13,16H,3-4,6,9-11H2,1-2H3. The molecule has 0 spiro atoms. The summed E-state index contributed by atoms with van der Waals surface area (Å²) < 4.78 is 18.1. The molecule has 2 unspecified atom stereocenters. The molecule has 1 aromatic carbocycles. The van der Waals surface area contributed by atoms with Gasteiger partial charge in [-0.25, -0.2) is 4.39 Å². The van der Waals surface area contributed by atoms with Crippen molar-refractivity contribution in [1.82, 2.24) is 4.90 Å². The van der Waals surface area contributed by atoms with E-state index in [0.717, 1.165) is 25.7 Å². The van der Waals surface area contributed by atoms with E-state index in [9.17, 15) is 14.0 Å². The summed E-state index contributed by atoms with van der Waals surface area (Å²) in [4.78, 5) is 26.1. The Kier molecular flexibility index (Phi) is 6.13. The fraction of sp³-hybridized carbons (Fsp3) is 0.556. The molecule has 2 rings (SSSR count). The average molecular weight is 321 g/mol. The van der Waals surface area contributed by atoms with Gasteiger partial charge in [0.05, 0.1) is 13.5 Å². The number of methoxy groups -OCH3 is 1. The molecule has 1 aliphatic rings. The number of hydrogen-bond donors (Lipinski definition) is 0. The van der Waals surface area contributed by atoms with E-state index in [2.05, 4.69) is 11.7 Å². The first-order valence-corrected chi connectivity index (χ1v) is 8.16. The predicted molar refractivity (Wildman–Crippen MR) is 85.5 cm³/mol. The summed E-state index contributed by atoms with van der Waals surface area (Å²) in [6.45, 7) is 2.44. The number of rotatable bonds is 5. The Morgan fingerprint density at radius 3 is 2.70 bits per heavy atom. The fourth-order valence-electron chi connectivity index (χ4n) is 3.28. The van der Waals surface area contributed by atoms with Gasteiger partial charge in [-0.2, -0.15) is 0 Å². The topological polar surface area (TPSA) is 46.6 Å². The minimum absolute atomic E-state index is 0.0872. The van der Waals surface area contributed by atoms with Crippen LogP contribution in [0.3, 0.4) is 0 Å². The second kappa shape index (κ2) is 8.09. The first kappa shape index (κ1) is 17.4. The highest BCUT2D eigenvalue weighted by atomic mass is 19.1. The predicted octanol–water partition coefficient (Wildman–Crippen LogP) is 3.41. The van der Waals surface area contributed by atoms with Crippen LogP contribution in [-0.2, 0) is 9.53 Å². The molecular weight excluding hydrogens is 297 g/mol. The third kappa shape index (κ3) is 4.53. The van der Waals surface area contributed by atoms with Gasteiger partial charge < -0.3 is 9.64 Å². The van der Waals surface area contributed by atoms with E-state index < -0.39 is 5.82 Å². The zero-order valence-electron chi connectivity index (χ0n) is 13.8. The zero-order valence-corrected chi connectivity index (χ0v) is 13.8. The molecule has 23 heavy (non-hydrogen) atoms. The van der Waals surface area contributed by atoms with Crippen LogP contribution in [0.2, 0.25) is 0 Å². The smallest absolute Gasteiger partial charge is 0.307 e. The molecule has 0 aromatic heterocycles. The second-order valence-corrected chi connectivity index (χ2v) is 6.16. The van der Waals surface area contributed by atoms with Crippen molar-refractivity contribution in [1.29, 1.82) is 0 Å². The third-order valence-corrected chi connectivity index (χ3v) is 4.58. The molecule has 0 radical (unpaired) electrons. The van der Waals surface area contributed by atoms with Crippen LogP contribution >= 0.6 is 0 Å². The van der Waals surface area contributed by atoms with E-state index in [1.807, 2.05) is 0 Å². The van der Waals surface area contributed by atoms with Crippen molar-refractivity contribution in [3.8, 4) is 0 Å². The summed E-state index contributed by atoms with van der Waals surface area (Å²) in [5, 5.41) is 0. The average Bonchev–Trinajstić information content (AvgIpc) is 2.56. The van der Waals surface area contributed by atoms with E-state index in [-0.39, 0.29) is 24.3 Å².